The zero-order valence-corrected chi connectivity index (χ0v) is 25.6. The number of nitrogens with zero attached hydrogens (tertiary/aromatic N) is 9. The summed E-state index contributed by atoms with van der Waals surface area (Å²) in [5.74, 6) is -0.330. The first kappa shape index (κ1) is 31.4. The number of piperazine rings is 1. The van der Waals surface area contributed by atoms with Gasteiger partial charge in [-0.3, -0.25) is 14.6 Å². The average Bonchev–Trinajstić information content (AvgIpc) is 3.75. The van der Waals surface area contributed by atoms with E-state index in [2.05, 4.69) is 35.2 Å². The third-order valence-electron chi connectivity index (χ3n) is 7.98. The molecule has 2 aliphatic heterocycles. The molecular weight excluding hydrogens is 604 g/mol. The molecule has 0 atom stereocenters. The van der Waals surface area contributed by atoms with Crippen LogP contribution in [0.5, 0.6) is 5.75 Å². The molecule has 0 bridgehead atoms. The van der Waals surface area contributed by atoms with Gasteiger partial charge in [0.15, 0.2) is 23.9 Å². The van der Waals surface area contributed by atoms with Crippen molar-refractivity contribution in [1.82, 2.24) is 39.7 Å². The van der Waals surface area contributed by atoms with Crippen molar-refractivity contribution in [3.05, 3.63) is 42.2 Å². The largest absolute Gasteiger partial charge is 0.481 e. The number of likely N-dealkylation sites (N-methyl/N-ethyl adjacent to an activating group) is 1. The number of aromatic nitrogens is 5. The Kier molecular flexibility index (Phi) is 9.70. The monoisotopic (exact) mass is 641 g/mol. The Balaban J connectivity index is 0.978. The fourth-order valence-electron chi connectivity index (χ4n) is 5.32. The van der Waals surface area contributed by atoms with Crippen molar-refractivity contribution in [2.24, 2.45) is 0 Å². The van der Waals surface area contributed by atoms with E-state index in [1.165, 1.54) is 16.8 Å². The van der Waals surface area contributed by atoms with Crippen molar-refractivity contribution in [3.8, 4) is 17.3 Å². The zero-order valence-electron chi connectivity index (χ0n) is 25.6. The molecule has 15 nitrogen and oxygen atoms in total. The van der Waals surface area contributed by atoms with Crippen molar-refractivity contribution in [3.63, 3.8) is 0 Å². The number of amides is 1. The number of fused-ring (bicyclic) bond motifs is 1. The molecule has 3 aromatic heterocycles. The Bertz CT molecular complexity index is 1620. The van der Waals surface area contributed by atoms with E-state index in [9.17, 15) is 13.6 Å². The second-order valence-corrected chi connectivity index (χ2v) is 11.1. The predicted octanol–water partition coefficient (Wildman–Crippen LogP) is 0.725. The van der Waals surface area contributed by atoms with Crippen LogP contribution >= 0.6 is 0 Å². The Labute approximate surface area is 263 Å². The maximum atomic E-state index is 14.8. The van der Waals surface area contributed by atoms with Crippen molar-refractivity contribution in [1.29, 1.82) is 0 Å². The molecule has 0 aliphatic carbocycles. The van der Waals surface area contributed by atoms with Gasteiger partial charge in [-0.25, -0.2) is 8.78 Å². The van der Waals surface area contributed by atoms with Gasteiger partial charge in [-0.05, 0) is 12.1 Å². The third-order valence-corrected chi connectivity index (χ3v) is 7.98. The van der Waals surface area contributed by atoms with Crippen LogP contribution in [0.4, 0.5) is 26.4 Å². The highest BCUT2D eigenvalue weighted by Gasteiger charge is 2.23. The van der Waals surface area contributed by atoms with E-state index >= 15 is 0 Å². The summed E-state index contributed by atoms with van der Waals surface area (Å²) in [4.78, 5) is 33.7. The van der Waals surface area contributed by atoms with Gasteiger partial charge in [0.2, 0.25) is 17.7 Å². The fourth-order valence-corrected chi connectivity index (χ4v) is 5.32. The Hall–Kier alpha value is -4.61. The quantitative estimate of drug-likeness (QED) is 0.223. The molecule has 5 heterocycles. The lowest BCUT2D eigenvalue weighted by molar-refractivity contribution is -0.123. The molecule has 17 heteroatoms. The first-order valence-corrected chi connectivity index (χ1v) is 15.2. The molecular formula is C29H37F2N11O4. The number of morpholine rings is 1. The van der Waals surface area contributed by atoms with Gasteiger partial charge in [0.25, 0.3) is 11.7 Å². The summed E-state index contributed by atoms with van der Waals surface area (Å²) >= 11 is 0. The van der Waals surface area contributed by atoms with Crippen molar-refractivity contribution in [2.75, 3.05) is 108 Å². The number of furan rings is 1. The number of carbonyl (C=O) groups is 1. The lowest BCUT2D eigenvalue weighted by Crippen LogP contribution is -2.48. The van der Waals surface area contributed by atoms with Gasteiger partial charge in [-0.1, -0.05) is 0 Å². The molecule has 2 aliphatic rings. The number of hydrogen-bond acceptors (Lipinski definition) is 13. The third kappa shape index (κ3) is 7.43. The highest BCUT2D eigenvalue weighted by Crippen LogP contribution is 2.29. The highest BCUT2D eigenvalue weighted by atomic mass is 19.1. The molecule has 6 rings (SSSR count). The van der Waals surface area contributed by atoms with Crippen LogP contribution in [0.3, 0.4) is 0 Å². The Morgan fingerprint density at radius 3 is 2.59 bits per heavy atom. The van der Waals surface area contributed by atoms with Crippen LogP contribution in [0.25, 0.3) is 17.4 Å². The second-order valence-electron chi connectivity index (χ2n) is 11.1. The number of hydrogen-bond donors (Lipinski definition) is 2. The van der Waals surface area contributed by atoms with Crippen LogP contribution < -0.4 is 25.6 Å². The number of halogens is 2. The van der Waals surface area contributed by atoms with Gasteiger partial charge >= 0.3 is 0 Å². The van der Waals surface area contributed by atoms with Crippen LogP contribution in [0.15, 0.2) is 34.9 Å². The average molecular weight is 642 g/mol. The molecule has 0 saturated carbocycles. The number of benzene rings is 1. The van der Waals surface area contributed by atoms with E-state index in [0.717, 1.165) is 19.2 Å². The van der Waals surface area contributed by atoms with E-state index in [0.29, 0.717) is 88.9 Å². The molecule has 0 spiro atoms. The van der Waals surface area contributed by atoms with Crippen LogP contribution in [0.1, 0.15) is 0 Å². The van der Waals surface area contributed by atoms with Crippen LogP contribution in [-0.4, -0.2) is 133 Å². The summed E-state index contributed by atoms with van der Waals surface area (Å²) in [5.41, 5.74) is 6.37. The van der Waals surface area contributed by atoms with E-state index in [4.69, 9.17) is 19.6 Å². The van der Waals surface area contributed by atoms with Crippen molar-refractivity contribution in [2.45, 2.75) is 0 Å². The number of rotatable bonds is 12. The van der Waals surface area contributed by atoms with E-state index < -0.39 is 11.6 Å². The van der Waals surface area contributed by atoms with Crippen LogP contribution in [0, 0.1) is 11.6 Å². The van der Waals surface area contributed by atoms with Gasteiger partial charge in [-0.2, -0.15) is 19.5 Å². The molecule has 0 radical (unpaired) electrons. The first-order valence-electron chi connectivity index (χ1n) is 15.2. The summed E-state index contributed by atoms with van der Waals surface area (Å²) in [6, 6.07) is 5.63. The minimum absolute atomic E-state index is 0.153. The molecule has 1 aromatic carbocycles. The van der Waals surface area contributed by atoms with Crippen LogP contribution in [0.2, 0.25) is 0 Å². The Morgan fingerprint density at radius 1 is 1.04 bits per heavy atom. The maximum Gasteiger partial charge on any atom is 0.259 e. The number of nitrogens with two attached hydrogens (primary N) is 1. The van der Waals surface area contributed by atoms with Crippen molar-refractivity contribution < 1.29 is 27.5 Å². The van der Waals surface area contributed by atoms with E-state index in [1.54, 1.807) is 12.1 Å². The lowest BCUT2D eigenvalue weighted by atomic mass is 10.2. The summed E-state index contributed by atoms with van der Waals surface area (Å²) in [7, 11) is 1.87. The van der Waals surface area contributed by atoms with E-state index in [1.807, 2.05) is 16.8 Å². The molecule has 46 heavy (non-hydrogen) atoms. The normalized spacial score (nSPS) is 16.2. The second kappa shape index (κ2) is 14.2. The summed E-state index contributed by atoms with van der Waals surface area (Å²) in [5, 5.41) is 7.09. The maximum absolute atomic E-state index is 14.8. The summed E-state index contributed by atoms with van der Waals surface area (Å²) < 4.78 is 46.8. The standard InChI is InChI=1S/C29H37F2N11O4/c1-38(28-35-27(32)42-29(36-28)34-26(37-42)23-3-2-14-45-23)6-7-40-8-10-41(11-9-40)22-18-24(21(31)17-20(22)30)46-19-25(43)33-4-5-39-12-15-44-16-13-39/h2-3,14,17-18H,4-13,15-16,19H2,1H3,(H,33,43)(H2,32,34,35,36,37). The molecule has 3 N–H and O–H groups in total. The van der Waals surface area contributed by atoms with Gasteiger partial charge < -0.3 is 34.7 Å². The minimum atomic E-state index is -0.853. The number of nitrogens with one attached hydrogen (secondary N) is 1. The molecule has 2 saturated heterocycles. The molecule has 4 aromatic rings. The number of ether oxygens (including phenoxy) is 2. The molecule has 2 fully saturated rings. The van der Waals surface area contributed by atoms with Gasteiger partial charge in [-0.15, -0.1) is 5.10 Å². The lowest BCUT2D eigenvalue weighted by Gasteiger charge is -2.37. The topological polar surface area (TPSA) is 156 Å². The summed E-state index contributed by atoms with van der Waals surface area (Å²) in [6.07, 6.45) is 1.54. The SMILES string of the molecule is CN(CCN1CCN(c2cc(OCC(=O)NCCN3CCOCC3)c(F)cc2F)CC1)c1nc(N)n2nc(-c3ccco3)nc2n1. The van der Waals surface area contributed by atoms with Gasteiger partial charge in [0, 0.05) is 84.6 Å². The minimum Gasteiger partial charge on any atom is -0.481 e. The zero-order chi connectivity index (χ0) is 32.0. The number of nitrogen functional groups attached to an aromatic ring is 1. The molecule has 1 amide bonds. The highest BCUT2D eigenvalue weighted by molar-refractivity contribution is 5.77. The molecule has 246 valence electrons. The Morgan fingerprint density at radius 2 is 1.83 bits per heavy atom. The number of carbonyl (C=O) groups excluding carboxylic acids is 1. The first-order chi connectivity index (χ1) is 22.3. The summed E-state index contributed by atoms with van der Waals surface area (Å²) in [6.45, 7) is 7.45. The van der Waals surface area contributed by atoms with E-state index in [-0.39, 0.29) is 29.9 Å². The predicted molar refractivity (Wildman–Crippen MR) is 165 cm³/mol. The fraction of sp³-hybridized carbons (Fsp3) is 0.483. The van der Waals surface area contributed by atoms with Crippen LogP contribution in [-0.2, 0) is 9.53 Å². The van der Waals surface area contributed by atoms with Gasteiger partial charge in [0.1, 0.15) is 5.82 Å². The number of anilines is 3. The van der Waals surface area contributed by atoms with Crippen molar-refractivity contribution >= 4 is 29.3 Å². The van der Waals surface area contributed by atoms with Gasteiger partial charge in [0.05, 0.1) is 25.2 Å². The molecule has 0 unspecified atom stereocenters. The smallest absolute Gasteiger partial charge is 0.259 e.